The number of nitrogens with zero attached hydrogens (tertiary/aromatic N) is 1. The van der Waals surface area contributed by atoms with Crippen LogP contribution in [0.1, 0.15) is 32.1 Å². The monoisotopic (exact) mass is 292 g/mol. The number of rotatable bonds is 4. The number of likely N-dealkylation sites (N-methyl/N-ethyl adjacent to an activating group) is 1. The molecule has 0 spiro atoms. The van der Waals surface area contributed by atoms with Crippen molar-refractivity contribution in [3.8, 4) is 0 Å². The Morgan fingerprint density at radius 2 is 2.00 bits per heavy atom. The number of nitrogens with one attached hydrogen (secondary N) is 1. The van der Waals surface area contributed by atoms with Crippen molar-refractivity contribution in [3.05, 3.63) is 30.1 Å². The molecule has 0 aliphatic heterocycles. The van der Waals surface area contributed by atoms with Gasteiger partial charge >= 0.3 is 0 Å². The normalized spacial score (nSPS) is 15.5. The van der Waals surface area contributed by atoms with Crippen LogP contribution in [0.4, 0.5) is 10.1 Å². The molecule has 0 saturated heterocycles. The molecule has 114 valence electrons. The van der Waals surface area contributed by atoms with E-state index < -0.39 is 5.82 Å². The molecule has 1 aliphatic carbocycles. The molecular weight excluding hydrogens is 271 g/mol. The van der Waals surface area contributed by atoms with Gasteiger partial charge in [-0.1, -0.05) is 25.3 Å². The molecule has 21 heavy (non-hydrogen) atoms. The minimum atomic E-state index is -0.403. The van der Waals surface area contributed by atoms with Gasteiger partial charge in [-0.05, 0) is 31.0 Å². The highest BCUT2D eigenvalue weighted by Gasteiger charge is 2.24. The van der Waals surface area contributed by atoms with Gasteiger partial charge in [0.05, 0.1) is 6.54 Å². The van der Waals surface area contributed by atoms with Crippen molar-refractivity contribution >= 4 is 17.5 Å². The van der Waals surface area contributed by atoms with Gasteiger partial charge in [0, 0.05) is 18.7 Å². The predicted octanol–water partition coefficient (Wildman–Crippen LogP) is 2.80. The number of hydrogen-bond donors (Lipinski definition) is 1. The average molecular weight is 292 g/mol. The molecule has 0 heterocycles. The summed E-state index contributed by atoms with van der Waals surface area (Å²) in [5, 5.41) is 2.60. The van der Waals surface area contributed by atoms with Gasteiger partial charge in [-0.2, -0.15) is 0 Å². The highest BCUT2D eigenvalue weighted by molar-refractivity contribution is 5.94. The minimum absolute atomic E-state index is 0.00809. The van der Waals surface area contributed by atoms with E-state index in [1.807, 2.05) is 0 Å². The highest BCUT2D eigenvalue weighted by Crippen LogP contribution is 2.25. The number of amides is 2. The summed E-state index contributed by atoms with van der Waals surface area (Å²) in [5.74, 6) is -0.637. The van der Waals surface area contributed by atoms with Crippen LogP contribution in [0, 0.1) is 11.7 Å². The van der Waals surface area contributed by atoms with E-state index in [4.69, 9.17) is 0 Å². The van der Waals surface area contributed by atoms with E-state index in [1.165, 1.54) is 29.5 Å². The van der Waals surface area contributed by atoms with Crippen LogP contribution in [0.3, 0.4) is 0 Å². The molecule has 0 unspecified atom stereocenters. The van der Waals surface area contributed by atoms with Crippen LogP contribution in [0.25, 0.3) is 0 Å². The first kappa shape index (κ1) is 15.5. The summed E-state index contributed by atoms with van der Waals surface area (Å²) in [6.07, 6.45) is 5.18. The Balaban J connectivity index is 1.85. The number of hydrogen-bond acceptors (Lipinski definition) is 2. The van der Waals surface area contributed by atoms with E-state index in [0.717, 1.165) is 25.7 Å². The van der Waals surface area contributed by atoms with Crippen molar-refractivity contribution in [2.75, 3.05) is 18.9 Å². The Kier molecular flexibility index (Phi) is 5.31. The fourth-order valence-corrected chi connectivity index (χ4v) is 2.72. The zero-order valence-corrected chi connectivity index (χ0v) is 12.3. The fourth-order valence-electron chi connectivity index (χ4n) is 2.72. The Hall–Kier alpha value is -1.91. The molecule has 1 aromatic rings. The minimum Gasteiger partial charge on any atom is -0.336 e. The summed E-state index contributed by atoms with van der Waals surface area (Å²) in [6.45, 7) is -0.00809. The van der Waals surface area contributed by atoms with Gasteiger partial charge in [-0.15, -0.1) is 0 Å². The van der Waals surface area contributed by atoms with Gasteiger partial charge in [0.2, 0.25) is 11.8 Å². The molecule has 0 bridgehead atoms. The van der Waals surface area contributed by atoms with Gasteiger partial charge in [0.15, 0.2) is 0 Å². The zero-order valence-electron chi connectivity index (χ0n) is 12.3. The largest absolute Gasteiger partial charge is 0.336 e. The summed E-state index contributed by atoms with van der Waals surface area (Å²) in [7, 11) is 1.64. The smallest absolute Gasteiger partial charge is 0.243 e. The Morgan fingerprint density at radius 1 is 1.29 bits per heavy atom. The molecule has 4 nitrogen and oxygen atoms in total. The molecule has 1 N–H and O–H groups in total. The molecule has 1 aliphatic rings. The lowest BCUT2D eigenvalue weighted by molar-refractivity contribution is -0.137. The number of carbonyl (C=O) groups is 2. The summed E-state index contributed by atoms with van der Waals surface area (Å²) in [5.41, 5.74) is 0.401. The maximum atomic E-state index is 13.0. The van der Waals surface area contributed by atoms with Gasteiger partial charge in [-0.3, -0.25) is 9.59 Å². The molecule has 0 radical (unpaired) electrons. The third-order valence-corrected chi connectivity index (χ3v) is 3.82. The Labute approximate surface area is 124 Å². The summed E-state index contributed by atoms with van der Waals surface area (Å²) in [6, 6.07) is 5.71. The van der Waals surface area contributed by atoms with Gasteiger partial charge < -0.3 is 10.2 Å². The zero-order chi connectivity index (χ0) is 15.2. The second-order valence-electron chi connectivity index (χ2n) is 5.59. The summed E-state index contributed by atoms with van der Waals surface area (Å²) >= 11 is 0. The van der Waals surface area contributed by atoms with Crippen LogP contribution in [-0.4, -0.2) is 30.3 Å². The van der Waals surface area contributed by atoms with E-state index in [9.17, 15) is 14.0 Å². The van der Waals surface area contributed by atoms with E-state index in [2.05, 4.69) is 5.32 Å². The molecule has 0 atom stereocenters. The Morgan fingerprint density at radius 3 is 2.67 bits per heavy atom. The van der Waals surface area contributed by atoms with Crippen LogP contribution in [0.15, 0.2) is 24.3 Å². The van der Waals surface area contributed by atoms with E-state index in [-0.39, 0.29) is 24.3 Å². The van der Waals surface area contributed by atoms with Crippen LogP contribution in [-0.2, 0) is 9.59 Å². The SMILES string of the molecule is CN(CC(=O)Nc1cccc(F)c1)C(=O)C1CCCCC1. The first-order chi connectivity index (χ1) is 10.1. The summed E-state index contributed by atoms with van der Waals surface area (Å²) in [4.78, 5) is 25.6. The van der Waals surface area contributed by atoms with Crippen LogP contribution in [0.5, 0.6) is 0 Å². The molecule has 2 rings (SSSR count). The van der Waals surface area contributed by atoms with E-state index >= 15 is 0 Å². The van der Waals surface area contributed by atoms with E-state index in [0.29, 0.717) is 5.69 Å². The van der Waals surface area contributed by atoms with Crippen molar-refractivity contribution < 1.29 is 14.0 Å². The lowest BCUT2D eigenvalue weighted by atomic mass is 9.88. The number of anilines is 1. The second-order valence-corrected chi connectivity index (χ2v) is 5.59. The number of halogens is 1. The standard InChI is InChI=1S/C16H21FN2O2/c1-19(16(21)12-6-3-2-4-7-12)11-15(20)18-14-9-5-8-13(17)10-14/h5,8-10,12H,2-4,6-7,11H2,1H3,(H,18,20). The topological polar surface area (TPSA) is 49.4 Å². The maximum absolute atomic E-state index is 13.0. The maximum Gasteiger partial charge on any atom is 0.243 e. The molecule has 2 amide bonds. The van der Waals surface area contributed by atoms with Crippen molar-refractivity contribution in [1.82, 2.24) is 4.90 Å². The first-order valence-electron chi connectivity index (χ1n) is 7.36. The van der Waals surface area contributed by atoms with Crippen LogP contribution in [0.2, 0.25) is 0 Å². The fraction of sp³-hybridized carbons (Fsp3) is 0.500. The lowest BCUT2D eigenvalue weighted by Crippen LogP contribution is -2.39. The third-order valence-electron chi connectivity index (χ3n) is 3.82. The number of carbonyl (C=O) groups excluding carboxylic acids is 2. The van der Waals surface area contributed by atoms with Gasteiger partial charge in [0.1, 0.15) is 5.82 Å². The first-order valence-corrected chi connectivity index (χ1v) is 7.36. The van der Waals surface area contributed by atoms with Crippen molar-refractivity contribution in [2.45, 2.75) is 32.1 Å². The molecular formula is C16H21FN2O2. The van der Waals surface area contributed by atoms with Gasteiger partial charge in [-0.25, -0.2) is 4.39 Å². The van der Waals surface area contributed by atoms with Crippen molar-refractivity contribution in [1.29, 1.82) is 0 Å². The average Bonchev–Trinajstić information content (AvgIpc) is 2.47. The molecule has 1 fully saturated rings. The number of benzene rings is 1. The molecule has 1 saturated carbocycles. The highest BCUT2D eigenvalue weighted by atomic mass is 19.1. The van der Waals surface area contributed by atoms with Crippen molar-refractivity contribution in [2.24, 2.45) is 5.92 Å². The van der Waals surface area contributed by atoms with Gasteiger partial charge in [0.25, 0.3) is 0 Å². The second kappa shape index (κ2) is 7.20. The van der Waals surface area contributed by atoms with E-state index in [1.54, 1.807) is 13.1 Å². The quantitative estimate of drug-likeness (QED) is 0.927. The summed E-state index contributed by atoms with van der Waals surface area (Å²) < 4.78 is 13.0. The van der Waals surface area contributed by atoms with Crippen LogP contribution < -0.4 is 5.32 Å². The van der Waals surface area contributed by atoms with Crippen molar-refractivity contribution in [3.63, 3.8) is 0 Å². The van der Waals surface area contributed by atoms with Crippen LogP contribution >= 0.6 is 0 Å². The Bertz CT molecular complexity index is 513. The predicted molar refractivity (Wildman–Crippen MR) is 79.2 cm³/mol. The third kappa shape index (κ3) is 4.55. The molecule has 5 heteroatoms. The molecule has 0 aromatic heterocycles. The lowest BCUT2D eigenvalue weighted by Gasteiger charge is -2.26. The molecule has 1 aromatic carbocycles.